The Balaban J connectivity index is 0.00000220. The number of aliphatic hydroxyl groups excluding tert-OH is 3. The summed E-state index contributed by atoms with van der Waals surface area (Å²) in [5.41, 5.74) is 5.42. The zero-order valence-electron chi connectivity index (χ0n) is 11.7. The number of allylic oxidation sites excluding steroid dienone is 1. The van der Waals surface area contributed by atoms with Gasteiger partial charge in [-0.3, -0.25) is 0 Å². The highest BCUT2D eigenvalue weighted by Crippen LogP contribution is 2.34. The van der Waals surface area contributed by atoms with Crippen molar-refractivity contribution < 1.29 is 20.1 Å². The van der Waals surface area contributed by atoms with E-state index in [9.17, 15) is 15.3 Å². The van der Waals surface area contributed by atoms with Crippen molar-refractivity contribution in [3.63, 3.8) is 0 Å². The second kappa shape index (κ2) is 7.84. The molecule has 0 spiro atoms. The lowest BCUT2D eigenvalue weighted by Crippen LogP contribution is -2.62. The average molecular weight is 336 g/mol. The predicted molar refractivity (Wildman–Crippen MR) is 85.0 cm³/mol. The molecule has 0 amide bonds. The van der Waals surface area contributed by atoms with Crippen molar-refractivity contribution in [1.29, 1.82) is 0 Å². The largest absolute Gasteiger partial charge is 0.388 e. The topological polar surface area (TPSA) is 95.9 Å². The number of thioether (sulfide) groups is 1. The van der Waals surface area contributed by atoms with Crippen molar-refractivity contribution in [2.24, 2.45) is 11.7 Å². The van der Waals surface area contributed by atoms with E-state index in [-0.39, 0.29) is 23.6 Å². The van der Waals surface area contributed by atoms with Crippen LogP contribution in [-0.2, 0) is 4.74 Å². The fraction of sp³-hybridized carbons (Fsp3) is 0.714. The van der Waals surface area contributed by atoms with Crippen LogP contribution in [0.15, 0.2) is 12.2 Å². The minimum atomic E-state index is -1.29. The van der Waals surface area contributed by atoms with Crippen molar-refractivity contribution in [3.05, 3.63) is 12.2 Å². The summed E-state index contributed by atoms with van der Waals surface area (Å²) in [6.45, 7) is 1.92. The standard InChI is InChI=1S/C14H21NO4S.ClH/c1-3-8-6-4-5-7(2)9(15)13-11(17)10(16)12(18)14(19-13)20-8;/h1,4-5,7-14,16-18H,6,15H2,2H3;1H/t7-,8-,9-,10+,11-,12-,13-,14-;/m1./s1. The Kier molecular flexibility index (Phi) is 7.01. The molecule has 1 saturated heterocycles. The van der Waals surface area contributed by atoms with Crippen LogP contribution in [0.3, 0.4) is 0 Å². The maximum absolute atomic E-state index is 10.1. The number of rotatable bonds is 0. The minimum absolute atomic E-state index is 0. The van der Waals surface area contributed by atoms with E-state index in [0.29, 0.717) is 6.42 Å². The molecule has 0 aromatic heterocycles. The van der Waals surface area contributed by atoms with Gasteiger partial charge < -0.3 is 25.8 Å². The molecule has 2 aliphatic heterocycles. The van der Waals surface area contributed by atoms with Gasteiger partial charge in [0.05, 0.1) is 5.25 Å². The van der Waals surface area contributed by atoms with Crippen molar-refractivity contribution in [1.82, 2.24) is 0 Å². The van der Waals surface area contributed by atoms with Crippen molar-refractivity contribution in [2.75, 3.05) is 0 Å². The first kappa shape index (κ1) is 18.8. The Morgan fingerprint density at radius 2 is 1.95 bits per heavy atom. The van der Waals surface area contributed by atoms with Crippen molar-refractivity contribution >= 4 is 24.2 Å². The summed E-state index contributed by atoms with van der Waals surface area (Å²) in [6, 6.07) is -0.464. The van der Waals surface area contributed by atoms with Crippen LogP contribution in [-0.4, -0.2) is 56.5 Å². The summed E-state index contributed by atoms with van der Waals surface area (Å²) >= 11 is 1.27. The van der Waals surface area contributed by atoms with E-state index in [1.807, 2.05) is 19.1 Å². The maximum Gasteiger partial charge on any atom is 0.133 e. The highest BCUT2D eigenvalue weighted by molar-refractivity contribution is 8.00. The molecule has 2 rings (SSSR count). The van der Waals surface area contributed by atoms with Gasteiger partial charge >= 0.3 is 0 Å². The molecular weight excluding hydrogens is 314 g/mol. The maximum atomic E-state index is 10.1. The molecule has 120 valence electrons. The highest BCUT2D eigenvalue weighted by Gasteiger charge is 2.47. The summed E-state index contributed by atoms with van der Waals surface area (Å²) in [5.74, 6) is 2.61. The summed E-state index contributed by atoms with van der Waals surface area (Å²) in [5, 5.41) is 29.9. The van der Waals surface area contributed by atoms with E-state index >= 15 is 0 Å². The summed E-state index contributed by atoms with van der Waals surface area (Å²) in [4.78, 5) is 0. The van der Waals surface area contributed by atoms with Gasteiger partial charge in [0.15, 0.2) is 0 Å². The third kappa shape index (κ3) is 3.93. The third-order valence-electron chi connectivity index (χ3n) is 3.87. The van der Waals surface area contributed by atoms with E-state index in [2.05, 4.69) is 5.92 Å². The molecule has 2 aliphatic rings. The average Bonchev–Trinajstić information content (AvgIpc) is 2.44. The lowest BCUT2D eigenvalue weighted by atomic mass is 9.88. The number of ether oxygens (including phenoxy) is 1. The van der Waals surface area contributed by atoms with Crippen molar-refractivity contribution in [3.8, 4) is 12.3 Å². The summed E-state index contributed by atoms with van der Waals surface area (Å²) < 4.78 is 5.72. The molecule has 0 aromatic carbocycles. The first-order valence-electron chi connectivity index (χ1n) is 6.69. The van der Waals surface area contributed by atoms with Crippen LogP contribution in [0.25, 0.3) is 0 Å². The molecule has 0 unspecified atom stereocenters. The Bertz CT molecular complexity index is 416. The molecule has 8 atom stereocenters. The fourth-order valence-electron chi connectivity index (χ4n) is 2.47. The van der Waals surface area contributed by atoms with Gasteiger partial charge in [0.2, 0.25) is 0 Å². The zero-order valence-corrected chi connectivity index (χ0v) is 13.3. The number of fused-ring (bicyclic) bond motifs is 2. The Labute approximate surface area is 135 Å². The Hall–Kier alpha value is -0.260. The molecule has 0 radical (unpaired) electrons. The molecule has 0 aromatic rings. The van der Waals surface area contributed by atoms with Gasteiger partial charge in [-0.05, 0) is 12.3 Å². The van der Waals surface area contributed by atoms with Crippen LogP contribution in [0, 0.1) is 18.3 Å². The SMILES string of the molecule is C#C[C@@H]1CC=C[C@@H](C)[C@@H](N)[C@H]2O[C@H](S1)[C@H](O)[C@@H](O)[C@H]2O.Cl. The van der Waals surface area contributed by atoms with Gasteiger partial charge in [0, 0.05) is 6.04 Å². The van der Waals surface area contributed by atoms with Crippen molar-refractivity contribution in [2.45, 2.75) is 54.5 Å². The normalized spacial score (nSPS) is 47.0. The fourth-order valence-corrected chi connectivity index (χ4v) is 3.61. The van der Waals surface area contributed by atoms with E-state index in [1.54, 1.807) is 0 Å². The molecule has 0 saturated carbocycles. The van der Waals surface area contributed by atoms with Crippen LogP contribution in [0.2, 0.25) is 0 Å². The third-order valence-corrected chi connectivity index (χ3v) is 5.18. The number of hydrogen-bond acceptors (Lipinski definition) is 6. The molecule has 5 N–H and O–H groups in total. The first-order valence-corrected chi connectivity index (χ1v) is 7.63. The number of hydrogen-bond donors (Lipinski definition) is 4. The van der Waals surface area contributed by atoms with Crippen LogP contribution < -0.4 is 5.73 Å². The summed E-state index contributed by atoms with van der Waals surface area (Å²) in [6.07, 6.45) is 5.62. The quantitative estimate of drug-likeness (QED) is 0.364. The van der Waals surface area contributed by atoms with E-state index in [4.69, 9.17) is 16.9 Å². The van der Waals surface area contributed by atoms with E-state index < -0.39 is 35.9 Å². The predicted octanol–water partition coefficient (Wildman–Crippen LogP) is -0.126. The number of aliphatic hydroxyl groups is 3. The van der Waals surface area contributed by atoms with Gasteiger partial charge in [0.25, 0.3) is 0 Å². The van der Waals surface area contributed by atoms with Crippen LogP contribution in [0.5, 0.6) is 0 Å². The lowest BCUT2D eigenvalue weighted by Gasteiger charge is -2.44. The second-order valence-electron chi connectivity index (χ2n) is 5.33. The molecule has 2 bridgehead atoms. The zero-order chi connectivity index (χ0) is 14.9. The lowest BCUT2D eigenvalue weighted by molar-refractivity contribution is -0.204. The van der Waals surface area contributed by atoms with E-state index in [1.165, 1.54) is 11.8 Å². The van der Waals surface area contributed by atoms with Gasteiger partial charge in [-0.15, -0.1) is 30.6 Å². The molecule has 7 heteroatoms. The first-order chi connectivity index (χ1) is 9.45. The molecular formula is C14H22ClNO4S. The van der Waals surface area contributed by atoms with Gasteiger partial charge in [-0.2, -0.15) is 0 Å². The minimum Gasteiger partial charge on any atom is -0.388 e. The molecule has 0 aliphatic carbocycles. The van der Waals surface area contributed by atoms with Gasteiger partial charge in [0.1, 0.15) is 29.9 Å². The van der Waals surface area contributed by atoms with Crippen LogP contribution in [0.1, 0.15) is 13.3 Å². The smallest absolute Gasteiger partial charge is 0.133 e. The van der Waals surface area contributed by atoms with Gasteiger partial charge in [-0.25, -0.2) is 0 Å². The van der Waals surface area contributed by atoms with Crippen LogP contribution in [0.4, 0.5) is 0 Å². The number of nitrogens with two attached hydrogens (primary N) is 1. The second-order valence-corrected chi connectivity index (χ2v) is 6.64. The molecule has 21 heavy (non-hydrogen) atoms. The monoisotopic (exact) mass is 335 g/mol. The Morgan fingerprint density at radius 1 is 1.29 bits per heavy atom. The molecule has 1 fully saturated rings. The molecule has 5 nitrogen and oxygen atoms in total. The summed E-state index contributed by atoms with van der Waals surface area (Å²) in [7, 11) is 0. The van der Waals surface area contributed by atoms with E-state index in [0.717, 1.165) is 0 Å². The number of terminal acetylenes is 1. The van der Waals surface area contributed by atoms with Gasteiger partial charge in [-0.1, -0.05) is 25.0 Å². The number of halogens is 1. The highest BCUT2D eigenvalue weighted by atomic mass is 35.5. The van der Waals surface area contributed by atoms with Crippen LogP contribution >= 0.6 is 24.2 Å². The Morgan fingerprint density at radius 3 is 2.57 bits per heavy atom. The molecule has 2 heterocycles.